The highest BCUT2D eigenvalue weighted by Gasteiger charge is 2.41. The number of nitrogens with zero attached hydrogens (tertiary/aromatic N) is 3. The fourth-order valence-corrected chi connectivity index (χ4v) is 3.72. The van der Waals surface area contributed by atoms with Crippen molar-refractivity contribution in [2.75, 3.05) is 13.1 Å². The average molecular weight is 360 g/mol. The topological polar surface area (TPSA) is 55.2 Å². The smallest absolute Gasteiger partial charge is 0.224 e. The summed E-state index contributed by atoms with van der Waals surface area (Å²) in [5, 5.41) is 4.66. The molecule has 2 aromatic rings. The predicted octanol–water partition coefficient (Wildman–Crippen LogP) is 3.08. The molecule has 1 aliphatic heterocycles. The number of hydrogen-bond acceptors (Lipinski definition) is 3. The second-order valence-electron chi connectivity index (χ2n) is 6.56. The molecule has 1 aromatic carbocycles. The van der Waals surface area contributed by atoms with Gasteiger partial charge in [0.1, 0.15) is 5.78 Å². The second-order valence-corrected chi connectivity index (χ2v) is 6.99. The number of carbonyl (C=O) groups excluding carboxylic acids is 2. The van der Waals surface area contributed by atoms with Gasteiger partial charge in [0.25, 0.3) is 0 Å². The lowest BCUT2D eigenvalue weighted by Crippen LogP contribution is -2.48. The summed E-state index contributed by atoms with van der Waals surface area (Å²) in [5.74, 6) is 0.272. The van der Waals surface area contributed by atoms with Gasteiger partial charge in [0.15, 0.2) is 0 Å². The zero-order valence-electron chi connectivity index (χ0n) is 14.3. The van der Waals surface area contributed by atoms with E-state index in [1.54, 1.807) is 24.0 Å². The van der Waals surface area contributed by atoms with E-state index in [9.17, 15) is 9.59 Å². The molecule has 1 amide bonds. The summed E-state index contributed by atoms with van der Waals surface area (Å²) in [4.78, 5) is 26.7. The highest BCUT2D eigenvalue weighted by molar-refractivity contribution is 6.30. The van der Waals surface area contributed by atoms with Crippen LogP contribution in [0.5, 0.6) is 0 Å². The lowest BCUT2D eigenvalue weighted by atomic mass is 9.70. The van der Waals surface area contributed by atoms with E-state index in [0.29, 0.717) is 43.9 Å². The molecule has 0 unspecified atom stereocenters. The maximum Gasteiger partial charge on any atom is 0.224 e. The second kappa shape index (κ2) is 7.40. The summed E-state index contributed by atoms with van der Waals surface area (Å²) < 4.78 is 1.67. The first-order valence-corrected chi connectivity index (χ1v) is 8.91. The molecule has 0 saturated carbocycles. The zero-order valence-corrected chi connectivity index (χ0v) is 15.1. The fraction of sp³-hybridized carbons (Fsp3) is 0.421. The average Bonchev–Trinajstić information content (AvgIpc) is 3.05. The molecule has 0 bridgehead atoms. The van der Waals surface area contributed by atoms with Crippen molar-refractivity contribution in [3.8, 4) is 0 Å². The number of ketones is 1. The number of aryl methyl sites for hydroxylation is 1. The van der Waals surface area contributed by atoms with Crippen LogP contribution in [-0.2, 0) is 21.5 Å². The van der Waals surface area contributed by atoms with Gasteiger partial charge in [0.2, 0.25) is 5.91 Å². The van der Waals surface area contributed by atoms with E-state index >= 15 is 0 Å². The van der Waals surface area contributed by atoms with E-state index in [4.69, 9.17) is 11.6 Å². The Morgan fingerprint density at radius 2 is 1.88 bits per heavy atom. The molecule has 0 spiro atoms. The standard InChI is InChI=1S/C19H22ClN3O2/c1-15(24)19(16-5-3-2-4-6-16)8-11-22(12-9-19)18(25)7-10-23-14-17(20)13-21-23/h2-6,13-14H,7-12H2,1H3. The van der Waals surface area contributed by atoms with Gasteiger partial charge < -0.3 is 4.90 Å². The molecule has 0 atom stereocenters. The molecule has 0 aliphatic carbocycles. The number of aromatic nitrogens is 2. The van der Waals surface area contributed by atoms with Crippen LogP contribution in [0.25, 0.3) is 0 Å². The normalized spacial score (nSPS) is 16.6. The molecule has 1 fully saturated rings. The van der Waals surface area contributed by atoms with Gasteiger partial charge in [0.05, 0.1) is 16.6 Å². The van der Waals surface area contributed by atoms with Crippen molar-refractivity contribution in [3.05, 3.63) is 53.3 Å². The molecule has 1 saturated heterocycles. The first kappa shape index (κ1) is 17.7. The van der Waals surface area contributed by atoms with Crippen molar-refractivity contribution < 1.29 is 9.59 Å². The van der Waals surface area contributed by atoms with Crippen LogP contribution in [0.4, 0.5) is 0 Å². The summed E-state index contributed by atoms with van der Waals surface area (Å²) in [5.41, 5.74) is 0.592. The van der Waals surface area contributed by atoms with Crippen molar-refractivity contribution >= 4 is 23.3 Å². The zero-order chi connectivity index (χ0) is 17.9. The van der Waals surface area contributed by atoms with Gasteiger partial charge in [-0.15, -0.1) is 0 Å². The number of hydrogen-bond donors (Lipinski definition) is 0. The number of likely N-dealkylation sites (tertiary alicyclic amines) is 1. The number of halogens is 1. The van der Waals surface area contributed by atoms with Crippen LogP contribution in [0.3, 0.4) is 0 Å². The van der Waals surface area contributed by atoms with Crippen molar-refractivity contribution in [1.82, 2.24) is 14.7 Å². The van der Waals surface area contributed by atoms with Crippen LogP contribution in [0.1, 0.15) is 31.7 Å². The van der Waals surface area contributed by atoms with Crippen molar-refractivity contribution in [2.45, 2.75) is 38.1 Å². The highest BCUT2D eigenvalue weighted by atomic mass is 35.5. The maximum atomic E-state index is 12.5. The van der Waals surface area contributed by atoms with Gasteiger partial charge in [-0.2, -0.15) is 5.10 Å². The SMILES string of the molecule is CC(=O)C1(c2ccccc2)CCN(C(=O)CCn2cc(Cl)cn2)CC1. The number of Topliss-reactive ketones (excluding diaryl/α,β-unsaturated/α-hetero) is 1. The molecule has 0 N–H and O–H groups in total. The summed E-state index contributed by atoms with van der Waals surface area (Å²) >= 11 is 5.83. The molecular weight excluding hydrogens is 338 g/mol. The Balaban J connectivity index is 1.61. The first-order valence-electron chi connectivity index (χ1n) is 8.53. The Hall–Kier alpha value is -2.14. The Kier molecular flexibility index (Phi) is 5.23. The van der Waals surface area contributed by atoms with Crippen molar-refractivity contribution in [3.63, 3.8) is 0 Å². The fourth-order valence-electron chi connectivity index (χ4n) is 3.57. The summed E-state index contributed by atoms with van der Waals surface area (Å²) in [7, 11) is 0. The van der Waals surface area contributed by atoms with Crippen molar-refractivity contribution in [2.24, 2.45) is 0 Å². The maximum absolute atomic E-state index is 12.5. The highest BCUT2D eigenvalue weighted by Crippen LogP contribution is 2.36. The molecule has 1 aliphatic rings. The van der Waals surface area contributed by atoms with E-state index in [1.807, 2.05) is 35.2 Å². The van der Waals surface area contributed by atoms with Gasteiger partial charge in [0, 0.05) is 32.3 Å². The molecule has 6 heteroatoms. The van der Waals surface area contributed by atoms with Gasteiger partial charge in [-0.1, -0.05) is 41.9 Å². The number of piperidine rings is 1. The molecule has 3 rings (SSSR count). The Labute approximate surface area is 152 Å². The molecule has 25 heavy (non-hydrogen) atoms. The number of rotatable bonds is 5. The van der Waals surface area contributed by atoms with E-state index in [0.717, 1.165) is 5.56 Å². The Morgan fingerprint density at radius 1 is 1.20 bits per heavy atom. The van der Waals surface area contributed by atoms with Crippen LogP contribution in [0, 0.1) is 0 Å². The number of amides is 1. The summed E-state index contributed by atoms with van der Waals surface area (Å²) in [6, 6.07) is 9.91. The molecular formula is C19H22ClN3O2. The molecule has 0 radical (unpaired) electrons. The minimum absolute atomic E-state index is 0.0943. The predicted molar refractivity (Wildman–Crippen MR) is 96.5 cm³/mol. The van der Waals surface area contributed by atoms with Gasteiger partial charge in [-0.25, -0.2) is 0 Å². The van der Waals surface area contributed by atoms with E-state index in [1.165, 1.54) is 0 Å². The quantitative estimate of drug-likeness (QED) is 0.824. The molecule has 1 aromatic heterocycles. The number of carbonyl (C=O) groups is 2. The van der Waals surface area contributed by atoms with E-state index < -0.39 is 5.41 Å². The third kappa shape index (κ3) is 3.76. The monoisotopic (exact) mass is 359 g/mol. The van der Waals surface area contributed by atoms with Crippen LogP contribution in [-0.4, -0.2) is 39.5 Å². The van der Waals surface area contributed by atoms with Crippen molar-refractivity contribution in [1.29, 1.82) is 0 Å². The molecule has 132 valence electrons. The molecule has 2 heterocycles. The van der Waals surface area contributed by atoms with Gasteiger partial charge in [-0.3, -0.25) is 14.3 Å². The minimum atomic E-state index is -0.465. The van der Waals surface area contributed by atoms with Crippen LogP contribution >= 0.6 is 11.6 Å². The van der Waals surface area contributed by atoms with Gasteiger partial charge >= 0.3 is 0 Å². The number of benzene rings is 1. The van der Waals surface area contributed by atoms with Gasteiger partial charge in [-0.05, 0) is 25.3 Å². The van der Waals surface area contributed by atoms with E-state index in [2.05, 4.69) is 5.10 Å². The lowest BCUT2D eigenvalue weighted by Gasteiger charge is -2.40. The lowest BCUT2D eigenvalue weighted by molar-refractivity contribution is -0.135. The first-order chi connectivity index (χ1) is 12.0. The summed E-state index contributed by atoms with van der Waals surface area (Å²) in [6.45, 7) is 3.38. The molecule has 5 nitrogen and oxygen atoms in total. The van der Waals surface area contributed by atoms with Crippen LogP contribution in [0.2, 0.25) is 5.02 Å². The Morgan fingerprint density at radius 3 is 2.44 bits per heavy atom. The largest absolute Gasteiger partial charge is 0.343 e. The third-order valence-electron chi connectivity index (χ3n) is 5.13. The minimum Gasteiger partial charge on any atom is -0.343 e. The Bertz CT molecular complexity index is 749. The third-order valence-corrected chi connectivity index (χ3v) is 5.32. The summed E-state index contributed by atoms with van der Waals surface area (Å²) in [6.07, 6.45) is 5.00. The van der Waals surface area contributed by atoms with Crippen LogP contribution in [0.15, 0.2) is 42.7 Å². The van der Waals surface area contributed by atoms with Crippen LogP contribution < -0.4 is 0 Å². The van der Waals surface area contributed by atoms with E-state index in [-0.39, 0.29) is 11.7 Å².